The predicted molar refractivity (Wildman–Crippen MR) is 84.6 cm³/mol. The molecule has 0 saturated carbocycles. The predicted octanol–water partition coefficient (Wildman–Crippen LogP) is 3.19. The van der Waals surface area contributed by atoms with Gasteiger partial charge in [-0.05, 0) is 37.3 Å². The van der Waals surface area contributed by atoms with Gasteiger partial charge in [0.05, 0.1) is 11.0 Å². The number of benzene rings is 1. The summed E-state index contributed by atoms with van der Waals surface area (Å²) in [5, 5.41) is 0. The molecule has 5 nitrogen and oxygen atoms in total. The average molecular weight is 287 g/mol. The van der Waals surface area contributed by atoms with E-state index in [1.165, 1.54) is 0 Å². The molecule has 4 aromatic rings. The Hall–Kier alpha value is -3.08. The second kappa shape index (κ2) is 5.04. The molecule has 22 heavy (non-hydrogen) atoms. The number of hydrogen-bond acceptors (Lipinski definition) is 4. The first-order chi connectivity index (χ1) is 10.8. The smallest absolute Gasteiger partial charge is 0.163 e. The molecule has 3 aromatic heterocycles. The van der Waals surface area contributed by atoms with E-state index in [0.29, 0.717) is 0 Å². The minimum Gasteiger partial charge on any atom is -0.298 e. The van der Waals surface area contributed by atoms with Gasteiger partial charge in [-0.15, -0.1) is 0 Å². The number of nitrogens with zero attached hydrogens (tertiary/aromatic N) is 5. The summed E-state index contributed by atoms with van der Waals surface area (Å²) in [6, 6.07) is 11.9. The van der Waals surface area contributed by atoms with Gasteiger partial charge in [0.2, 0.25) is 0 Å². The lowest BCUT2D eigenvalue weighted by Gasteiger charge is -2.08. The molecule has 4 rings (SSSR count). The van der Waals surface area contributed by atoms with E-state index in [-0.39, 0.29) is 0 Å². The highest BCUT2D eigenvalue weighted by Crippen LogP contribution is 2.22. The van der Waals surface area contributed by atoms with Crippen molar-refractivity contribution in [2.45, 2.75) is 6.92 Å². The molecular formula is C17H13N5. The summed E-state index contributed by atoms with van der Waals surface area (Å²) in [5.74, 6) is 0.812. The number of aromatic nitrogens is 5. The Balaban J connectivity index is 1.87. The molecule has 106 valence electrons. The van der Waals surface area contributed by atoms with E-state index in [0.717, 1.165) is 33.9 Å². The Labute approximate surface area is 127 Å². The second-order valence-corrected chi connectivity index (χ2v) is 5.01. The Kier molecular flexibility index (Phi) is 2.89. The van der Waals surface area contributed by atoms with E-state index >= 15 is 0 Å². The maximum atomic E-state index is 4.55. The summed E-state index contributed by atoms with van der Waals surface area (Å²) in [6.45, 7) is 1.97. The van der Waals surface area contributed by atoms with Gasteiger partial charge in [-0.25, -0.2) is 9.97 Å². The molecule has 0 bridgehead atoms. The van der Waals surface area contributed by atoms with Crippen LogP contribution in [0.5, 0.6) is 0 Å². The maximum Gasteiger partial charge on any atom is 0.163 e. The highest BCUT2D eigenvalue weighted by atomic mass is 15.1. The van der Waals surface area contributed by atoms with Crippen LogP contribution in [0, 0.1) is 6.92 Å². The quantitative estimate of drug-likeness (QED) is 0.568. The highest BCUT2D eigenvalue weighted by molar-refractivity contribution is 5.76. The Morgan fingerprint density at radius 2 is 1.73 bits per heavy atom. The Bertz CT molecular complexity index is 958. The SMILES string of the molecule is Cc1cccc(-c2nccn2-c2ccc3nccnc3c2)n1. The van der Waals surface area contributed by atoms with Crippen molar-refractivity contribution in [1.29, 1.82) is 0 Å². The zero-order chi connectivity index (χ0) is 14.9. The summed E-state index contributed by atoms with van der Waals surface area (Å²) < 4.78 is 2.01. The lowest BCUT2D eigenvalue weighted by molar-refractivity contribution is 1.04. The monoisotopic (exact) mass is 287 g/mol. The minimum atomic E-state index is 0.812. The van der Waals surface area contributed by atoms with Crippen molar-refractivity contribution in [3.8, 4) is 17.2 Å². The van der Waals surface area contributed by atoms with Crippen molar-refractivity contribution in [3.05, 3.63) is 66.9 Å². The summed E-state index contributed by atoms with van der Waals surface area (Å²) in [4.78, 5) is 17.7. The fourth-order valence-electron chi connectivity index (χ4n) is 2.47. The van der Waals surface area contributed by atoms with Crippen LogP contribution in [0.25, 0.3) is 28.2 Å². The third-order valence-corrected chi connectivity index (χ3v) is 3.49. The van der Waals surface area contributed by atoms with E-state index in [1.54, 1.807) is 18.6 Å². The largest absolute Gasteiger partial charge is 0.298 e. The van der Waals surface area contributed by atoms with Crippen molar-refractivity contribution in [1.82, 2.24) is 24.5 Å². The van der Waals surface area contributed by atoms with Gasteiger partial charge in [-0.1, -0.05) is 6.07 Å². The zero-order valence-corrected chi connectivity index (χ0v) is 12.0. The topological polar surface area (TPSA) is 56.5 Å². The van der Waals surface area contributed by atoms with Crippen LogP contribution in [0.4, 0.5) is 0 Å². The van der Waals surface area contributed by atoms with Crippen LogP contribution >= 0.6 is 0 Å². The number of rotatable bonds is 2. The van der Waals surface area contributed by atoms with Crippen molar-refractivity contribution < 1.29 is 0 Å². The number of aryl methyl sites for hydroxylation is 1. The molecule has 0 amide bonds. The summed E-state index contributed by atoms with van der Waals surface area (Å²) >= 11 is 0. The second-order valence-electron chi connectivity index (χ2n) is 5.01. The third kappa shape index (κ3) is 2.13. The molecule has 0 fully saturated rings. The van der Waals surface area contributed by atoms with E-state index in [2.05, 4.69) is 19.9 Å². The lowest BCUT2D eigenvalue weighted by Crippen LogP contribution is -1.99. The van der Waals surface area contributed by atoms with Crippen molar-refractivity contribution in [2.24, 2.45) is 0 Å². The van der Waals surface area contributed by atoms with E-state index in [1.807, 2.05) is 54.1 Å². The first kappa shape index (κ1) is 12.6. The molecule has 0 aliphatic carbocycles. The number of fused-ring (bicyclic) bond motifs is 1. The van der Waals surface area contributed by atoms with Crippen LogP contribution < -0.4 is 0 Å². The summed E-state index contributed by atoms with van der Waals surface area (Å²) in [7, 11) is 0. The molecule has 1 aromatic carbocycles. The van der Waals surface area contributed by atoms with Gasteiger partial charge in [0, 0.05) is 36.2 Å². The standard InChI is InChI=1S/C17H13N5/c1-12-3-2-4-15(21-12)17-20-9-10-22(17)13-5-6-14-16(11-13)19-8-7-18-14/h2-11H,1H3. The van der Waals surface area contributed by atoms with Gasteiger partial charge >= 0.3 is 0 Å². The minimum absolute atomic E-state index is 0.812. The van der Waals surface area contributed by atoms with Gasteiger partial charge in [0.25, 0.3) is 0 Å². The zero-order valence-electron chi connectivity index (χ0n) is 12.0. The third-order valence-electron chi connectivity index (χ3n) is 3.49. The number of imidazole rings is 1. The van der Waals surface area contributed by atoms with E-state index < -0.39 is 0 Å². The number of pyridine rings is 1. The van der Waals surface area contributed by atoms with Crippen LogP contribution in [0.1, 0.15) is 5.69 Å². The molecule has 5 heteroatoms. The first-order valence-electron chi connectivity index (χ1n) is 7.00. The Morgan fingerprint density at radius 1 is 0.864 bits per heavy atom. The molecule has 0 radical (unpaired) electrons. The van der Waals surface area contributed by atoms with Gasteiger partial charge < -0.3 is 0 Å². The highest BCUT2D eigenvalue weighted by Gasteiger charge is 2.10. The fourth-order valence-corrected chi connectivity index (χ4v) is 2.47. The first-order valence-corrected chi connectivity index (χ1v) is 7.00. The van der Waals surface area contributed by atoms with Crippen LogP contribution in [-0.2, 0) is 0 Å². The molecule has 0 N–H and O–H groups in total. The molecular weight excluding hydrogens is 274 g/mol. The van der Waals surface area contributed by atoms with Gasteiger partial charge in [-0.3, -0.25) is 14.5 Å². The molecule has 0 spiro atoms. The van der Waals surface area contributed by atoms with Gasteiger partial charge in [-0.2, -0.15) is 0 Å². The maximum absolute atomic E-state index is 4.55. The van der Waals surface area contributed by atoms with Gasteiger partial charge in [0.1, 0.15) is 5.69 Å². The van der Waals surface area contributed by atoms with Crippen LogP contribution in [0.15, 0.2) is 61.2 Å². The Morgan fingerprint density at radius 3 is 2.59 bits per heavy atom. The van der Waals surface area contributed by atoms with Crippen molar-refractivity contribution in [2.75, 3.05) is 0 Å². The average Bonchev–Trinajstić information content (AvgIpc) is 3.04. The lowest BCUT2D eigenvalue weighted by atomic mass is 10.2. The summed E-state index contributed by atoms with van der Waals surface area (Å²) in [6.07, 6.45) is 7.10. The van der Waals surface area contributed by atoms with Crippen LogP contribution in [0.3, 0.4) is 0 Å². The van der Waals surface area contributed by atoms with Gasteiger partial charge in [0.15, 0.2) is 5.82 Å². The molecule has 0 aliphatic heterocycles. The molecule has 3 heterocycles. The van der Waals surface area contributed by atoms with Crippen LogP contribution in [-0.4, -0.2) is 24.5 Å². The molecule has 0 unspecified atom stereocenters. The van der Waals surface area contributed by atoms with E-state index in [4.69, 9.17) is 0 Å². The summed E-state index contributed by atoms with van der Waals surface area (Å²) in [5.41, 5.74) is 4.54. The van der Waals surface area contributed by atoms with Crippen molar-refractivity contribution >= 4 is 11.0 Å². The fraction of sp³-hybridized carbons (Fsp3) is 0.0588. The van der Waals surface area contributed by atoms with E-state index in [9.17, 15) is 0 Å². The molecule has 0 saturated heterocycles. The van der Waals surface area contributed by atoms with Crippen molar-refractivity contribution in [3.63, 3.8) is 0 Å². The van der Waals surface area contributed by atoms with Crippen LogP contribution in [0.2, 0.25) is 0 Å². The normalized spacial score (nSPS) is 11.0. The molecule has 0 atom stereocenters. The molecule has 0 aliphatic rings. The number of hydrogen-bond donors (Lipinski definition) is 0.